The van der Waals surface area contributed by atoms with Crippen LogP contribution in [0.5, 0.6) is 0 Å². The van der Waals surface area contributed by atoms with Crippen LogP contribution in [0, 0.1) is 0 Å². The highest BCUT2D eigenvalue weighted by Crippen LogP contribution is 2.14. The van der Waals surface area contributed by atoms with E-state index in [1.165, 1.54) is 18.5 Å². The number of rotatable bonds is 8. The van der Waals surface area contributed by atoms with Crippen molar-refractivity contribution < 1.29 is 5.11 Å². The summed E-state index contributed by atoms with van der Waals surface area (Å²) < 4.78 is 2.32. The minimum Gasteiger partial charge on any atom is -0.396 e. The van der Waals surface area contributed by atoms with Crippen LogP contribution in [-0.2, 0) is 6.54 Å². The van der Waals surface area contributed by atoms with E-state index in [1.54, 1.807) is 0 Å². The maximum absolute atomic E-state index is 8.68. The minimum atomic E-state index is 0.325. The molecule has 0 aliphatic rings. The van der Waals surface area contributed by atoms with E-state index < -0.39 is 0 Å². The molecular weight excluding hydrogens is 200 g/mol. The van der Waals surface area contributed by atoms with Crippen molar-refractivity contribution in [1.29, 1.82) is 0 Å². The van der Waals surface area contributed by atoms with Gasteiger partial charge in [0, 0.05) is 31.1 Å². The van der Waals surface area contributed by atoms with Crippen molar-refractivity contribution in [3.05, 3.63) is 24.0 Å². The molecule has 1 rings (SSSR count). The molecule has 0 radical (unpaired) electrons. The van der Waals surface area contributed by atoms with Crippen molar-refractivity contribution in [1.82, 2.24) is 9.88 Å². The highest BCUT2D eigenvalue weighted by atomic mass is 16.2. The van der Waals surface area contributed by atoms with E-state index in [2.05, 4.69) is 35.1 Å². The van der Waals surface area contributed by atoms with Crippen LogP contribution in [-0.4, -0.2) is 23.3 Å². The first-order valence-corrected chi connectivity index (χ1v) is 6.22. The highest BCUT2D eigenvalue weighted by molar-refractivity contribution is 5.11. The van der Waals surface area contributed by atoms with Crippen molar-refractivity contribution >= 4 is 0 Å². The van der Waals surface area contributed by atoms with Crippen molar-refractivity contribution in [3.8, 4) is 0 Å². The van der Waals surface area contributed by atoms with Crippen LogP contribution in [0.15, 0.2) is 18.3 Å². The van der Waals surface area contributed by atoms with Crippen LogP contribution >= 0.6 is 0 Å². The number of nitrogens with zero attached hydrogens (tertiary/aromatic N) is 1. The molecule has 0 spiro atoms. The fourth-order valence-electron chi connectivity index (χ4n) is 1.92. The van der Waals surface area contributed by atoms with E-state index in [-0.39, 0.29) is 0 Å². The Bertz CT molecular complexity index is 283. The summed E-state index contributed by atoms with van der Waals surface area (Å²) in [5.74, 6) is 0. The number of aromatic nitrogens is 1. The molecule has 16 heavy (non-hydrogen) atoms. The first kappa shape index (κ1) is 13.3. The van der Waals surface area contributed by atoms with E-state index >= 15 is 0 Å². The van der Waals surface area contributed by atoms with Crippen molar-refractivity contribution in [2.24, 2.45) is 0 Å². The summed E-state index contributed by atoms with van der Waals surface area (Å²) in [6.45, 7) is 3.59. The summed E-state index contributed by atoms with van der Waals surface area (Å²) in [7, 11) is 1.99. The smallest absolute Gasteiger partial charge is 0.0443 e. The van der Waals surface area contributed by atoms with Crippen LogP contribution in [0.4, 0.5) is 0 Å². The topological polar surface area (TPSA) is 37.2 Å². The SMILES string of the molecule is CNC(C)c1cccn1CCCCCCO. The summed E-state index contributed by atoms with van der Waals surface area (Å²) in [5.41, 5.74) is 1.35. The Hall–Kier alpha value is -0.800. The number of aliphatic hydroxyl groups is 1. The van der Waals surface area contributed by atoms with E-state index in [9.17, 15) is 0 Å². The van der Waals surface area contributed by atoms with Gasteiger partial charge in [0.05, 0.1) is 0 Å². The molecule has 0 aliphatic heterocycles. The Balaban J connectivity index is 2.33. The monoisotopic (exact) mass is 224 g/mol. The number of hydrogen-bond acceptors (Lipinski definition) is 2. The summed E-state index contributed by atoms with van der Waals surface area (Å²) in [4.78, 5) is 0. The van der Waals surface area contributed by atoms with Gasteiger partial charge in [-0.05, 0) is 38.9 Å². The predicted molar refractivity (Wildman–Crippen MR) is 67.5 cm³/mol. The van der Waals surface area contributed by atoms with E-state index in [1.807, 2.05) is 7.05 Å². The lowest BCUT2D eigenvalue weighted by molar-refractivity contribution is 0.282. The molecule has 1 heterocycles. The van der Waals surface area contributed by atoms with Gasteiger partial charge in [0.2, 0.25) is 0 Å². The molecular formula is C13H24N2O. The third kappa shape index (κ3) is 3.99. The molecule has 0 bridgehead atoms. The second-order valence-corrected chi connectivity index (χ2v) is 4.27. The maximum atomic E-state index is 8.68. The van der Waals surface area contributed by atoms with Gasteiger partial charge >= 0.3 is 0 Å². The van der Waals surface area contributed by atoms with Gasteiger partial charge < -0.3 is 15.0 Å². The Morgan fingerprint density at radius 3 is 2.75 bits per heavy atom. The molecule has 0 aromatic carbocycles. The van der Waals surface area contributed by atoms with E-state index in [0.29, 0.717) is 12.6 Å². The van der Waals surface area contributed by atoms with Gasteiger partial charge in [0.15, 0.2) is 0 Å². The standard InChI is InChI=1S/C13H24N2O/c1-12(14-2)13-8-7-10-15(13)9-5-3-4-6-11-16/h7-8,10,12,14,16H,3-6,9,11H2,1-2H3. The van der Waals surface area contributed by atoms with Crippen molar-refractivity contribution in [2.75, 3.05) is 13.7 Å². The normalized spacial score (nSPS) is 12.9. The lowest BCUT2D eigenvalue weighted by atomic mass is 10.2. The Kier molecular flexibility index (Phi) is 6.19. The number of hydrogen-bond donors (Lipinski definition) is 2. The maximum Gasteiger partial charge on any atom is 0.0443 e. The fraction of sp³-hybridized carbons (Fsp3) is 0.692. The van der Waals surface area contributed by atoms with Crippen LogP contribution in [0.1, 0.15) is 44.3 Å². The molecule has 1 atom stereocenters. The van der Waals surface area contributed by atoms with Gasteiger partial charge in [0.25, 0.3) is 0 Å². The molecule has 3 nitrogen and oxygen atoms in total. The van der Waals surface area contributed by atoms with Gasteiger partial charge in [-0.1, -0.05) is 12.8 Å². The van der Waals surface area contributed by atoms with Gasteiger partial charge in [-0.25, -0.2) is 0 Å². The van der Waals surface area contributed by atoms with Crippen LogP contribution in [0.2, 0.25) is 0 Å². The number of aryl methyl sites for hydroxylation is 1. The van der Waals surface area contributed by atoms with Crippen molar-refractivity contribution in [3.63, 3.8) is 0 Å². The van der Waals surface area contributed by atoms with E-state index in [0.717, 1.165) is 19.4 Å². The summed E-state index contributed by atoms with van der Waals surface area (Å²) in [6, 6.07) is 4.69. The summed E-state index contributed by atoms with van der Waals surface area (Å²) in [6.07, 6.45) is 6.61. The zero-order valence-electron chi connectivity index (χ0n) is 10.4. The molecule has 0 aliphatic carbocycles. The Morgan fingerprint density at radius 2 is 2.06 bits per heavy atom. The molecule has 1 unspecified atom stereocenters. The first-order chi connectivity index (χ1) is 7.79. The molecule has 0 amide bonds. The van der Waals surface area contributed by atoms with Gasteiger partial charge in [-0.15, -0.1) is 0 Å². The fourth-order valence-corrected chi connectivity index (χ4v) is 1.92. The average Bonchev–Trinajstić information content (AvgIpc) is 2.76. The molecule has 1 aromatic heterocycles. The second kappa shape index (κ2) is 7.47. The first-order valence-electron chi connectivity index (χ1n) is 6.22. The molecule has 0 saturated heterocycles. The van der Waals surface area contributed by atoms with Crippen LogP contribution in [0.25, 0.3) is 0 Å². The van der Waals surface area contributed by atoms with Gasteiger partial charge in [0.1, 0.15) is 0 Å². The Morgan fingerprint density at radius 1 is 1.31 bits per heavy atom. The second-order valence-electron chi connectivity index (χ2n) is 4.27. The van der Waals surface area contributed by atoms with E-state index in [4.69, 9.17) is 5.11 Å². The molecule has 0 saturated carbocycles. The zero-order valence-corrected chi connectivity index (χ0v) is 10.4. The lowest BCUT2D eigenvalue weighted by Gasteiger charge is -2.14. The molecule has 2 N–H and O–H groups in total. The van der Waals surface area contributed by atoms with Gasteiger partial charge in [-0.2, -0.15) is 0 Å². The quantitative estimate of drug-likeness (QED) is 0.665. The summed E-state index contributed by atoms with van der Waals surface area (Å²) in [5, 5.41) is 11.9. The minimum absolute atomic E-state index is 0.325. The van der Waals surface area contributed by atoms with Crippen molar-refractivity contribution in [2.45, 2.75) is 45.2 Å². The molecule has 92 valence electrons. The average molecular weight is 224 g/mol. The Labute approximate surface area is 98.5 Å². The predicted octanol–water partition coefficient (Wildman–Crippen LogP) is 2.32. The number of unbranched alkanes of at least 4 members (excludes halogenated alkanes) is 3. The largest absolute Gasteiger partial charge is 0.396 e. The summed E-state index contributed by atoms with van der Waals surface area (Å²) >= 11 is 0. The number of nitrogens with one attached hydrogen (secondary N) is 1. The highest BCUT2D eigenvalue weighted by Gasteiger charge is 2.06. The molecule has 3 heteroatoms. The van der Waals surface area contributed by atoms with Crippen LogP contribution in [0.3, 0.4) is 0 Å². The van der Waals surface area contributed by atoms with Gasteiger partial charge in [-0.3, -0.25) is 0 Å². The lowest BCUT2D eigenvalue weighted by Crippen LogP contribution is -2.16. The molecule has 0 fully saturated rings. The third-order valence-electron chi connectivity index (χ3n) is 3.05. The third-order valence-corrected chi connectivity index (χ3v) is 3.05. The number of aliphatic hydroxyl groups excluding tert-OH is 1. The van der Waals surface area contributed by atoms with Crippen LogP contribution < -0.4 is 5.32 Å². The molecule has 1 aromatic rings. The zero-order chi connectivity index (χ0) is 11.8.